The van der Waals surface area contributed by atoms with Crippen LogP contribution in [0.15, 0.2) is 48.5 Å². The molecular weight excluding hydrogens is 226 g/mol. The van der Waals surface area contributed by atoms with Crippen LogP contribution in [-0.4, -0.2) is 21.3 Å². The van der Waals surface area contributed by atoms with Crippen LogP contribution in [0.25, 0.3) is 0 Å². The second-order valence-corrected chi connectivity index (χ2v) is 3.96. The van der Waals surface area contributed by atoms with E-state index in [2.05, 4.69) is 4.90 Å². The molecule has 0 atom stereocenters. The Balaban J connectivity index is 2.25. The summed E-state index contributed by atoms with van der Waals surface area (Å²) < 4.78 is 10.4. The normalized spacial score (nSPS) is 9.94. The largest absolute Gasteiger partial charge is 0.497 e. The number of nitrogens with zero attached hydrogens (tertiary/aromatic N) is 1. The van der Waals surface area contributed by atoms with Gasteiger partial charge in [0.25, 0.3) is 0 Å². The van der Waals surface area contributed by atoms with Gasteiger partial charge in [-0.3, -0.25) is 0 Å². The van der Waals surface area contributed by atoms with Gasteiger partial charge in [-0.1, -0.05) is 6.07 Å². The zero-order valence-corrected chi connectivity index (χ0v) is 10.9. The molecule has 2 aromatic rings. The molecule has 0 radical (unpaired) electrons. The highest BCUT2D eigenvalue weighted by atomic mass is 16.5. The number of rotatable bonds is 4. The maximum absolute atomic E-state index is 5.23. The summed E-state index contributed by atoms with van der Waals surface area (Å²) in [7, 11) is 5.36. The first kappa shape index (κ1) is 12.3. The van der Waals surface area contributed by atoms with E-state index in [1.807, 2.05) is 55.6 Å². The summed E-state index contributed by atoms with van der Waals surface area (Å²) in [5.74, 6) is 1.71. The Bertz CT molecular complexity index is 508. The van der Waals surface area contributed by atoms with Crippen molar-refractivity contribution in [1.82, 2.24) is 0 Å². The lowest BCUT2D eigenvalue weighted by Crippen LogP contribution is -2.09. The highest BCUT2D eigenvalue weighted by molar-refractivity contribution is 5.64. The molecule has 0 aromatic heterocycles. The number of ether oxygens (including phenoxy) is 2. The van der Waals surface area contributed by atoms with Gasteiger partial charge in [-0.25, -0.2) is 0 Å². The van der Waals surface area contributed by atoms with Crippen LogP contribution >= 0.6 is 0 Å². The van der Waals surface area contributed by atoms with E-state index in [-0.39, 0.29) is 0 Å². The average molecular weight is 243 g/mol. The summed E-state index contributed by atoms with van der Waals surface area (Å²) in [6.45, 7) is 0. The minimum atomic E-state index is 0.855. The highest BCUT2D eigenvalue weighted by Gasteiger charge is 2.05. The Morgan fingerprint density at radius 3 is 2.06 bits per heavy atom. The molecule has 0 aliphatic heterocycles. The van der Waals surface area contributed by atoms with Gasteiger partial charge in [0.2, 0.25) is 0 Å². The summed E-state index contributed by atoms with van der Waals surface area (Å²) in [5.41, 5.74) is 2.18. The molecule has 0 saturated carbocycles. The summed E-state index contributed by atoms with van der Waals surface area (Å²) in [5, 5.41) is 0. The van der Waals surface area contributed by atoms with Crippen molar-refractivity contribution in [2.24, 2.45) is 0 Å². The van der Waals surface area contributed by atoms with Crippen molar-refractivity contribution in [3.05, 3.63) is 48.5 Å². The molecule has 0 heterocycles. The Morgan fingerprint density at radius 2 is 1.44 bits per heavy atom. The van der Waals surface area contributed by atoms with Gasteiger partial charge in [-0.15, -0.1) is 0 Å². The lowest BCUT2D eigenvalue weighted by molar-refractivity contribution is 0.414. The third kappa shape index (κ3) is 2.56. The fraction of sp³-hybridized carbons (Fsp3) is 0.200. The van der Waals surface area contributed by atoms with E-state index in [1.54, 1.807) is 14.2 Å². The topological polar surface area (TPSA) is 21.7 Å². The van der Waals surface area contributed by atoms with Crippen LogP contribution < -0.4 is 14.4 Å². The maximum atomic E-state index is 5.23. The third-order valence-corrected chi connectivity index (χ3v) is 2.90. The standard InChI is InChI=1S/C15H17NO2/c1-16(12-7-9-14(17-2)10-8-12)13-5-4-6-15(11-13)18-3/h4-11H,1-3H3. The van der Waals surface area contributed by atoms with Crippen molar-refractivity contribution in [2.75, 3.05) is 26.2 Å². The molecule has 0 aliphatic rings. The van der Waals surface area contributed by atoms with E-state index in [1.165, 1.54) is 0 Å². The average Bonchev–Trinajstić information content (AvgIpc) is 2.46. The second-order valence-electron chi connectivity index (χ2n) is 3.96. The van der Waals surface area contributed by atoms with Gasteiger partial charge in [-0.05, 0) is 36.4 Å². The van der Waals surface area contributed by atoms with E-state index < -0.39 is 0 Å². The summed E-state index contributed by atoms with van der Waals surface area (Å²) in [4.78, 5) is 2.10. The van der Waals surface area contributed by atoms with Gasteiger partial charge in [0, 0.05) is 24.5 Å². The lowest BCUT2D eigenvalue weighted by atomic mass is 10.2. The molecule has 0 spiro atoms. The van der Waals surface area contributed by atoms with Gasteiger partial charge in [0.1, 0.15) is 11.5 Å². The molecule has 0 fully saturated rings. The van der Waals surface area contributed by atoms with Crippen LogP contribution in [-0.2, 0) is 0 Å². The number of hydrogen-bond acceptors (Lipinski definition) is 3. The quantitative estimate of drug-likeness (QED) is 0.820. The Hall–Kier alpha value is -2.16. The Labute approximate surface area is 108 Å². The molecule has 18 heavy (non-hydrogen) atoms. The molecule has 0 amide bonds. The van der Waals surface area contributed by atoms with Crippen LogP contribution in [0.2, 0.25) is 0 Å². The van der Waals surface area contributed by atoms with Gasteiger partial charge in [-0.2, -0.15) is 0 Å². The van der Waals surface area contributed by atoms with Gasteiger partial charge >= 0.3 is 0 Å². The number of benzene rings is 2. The zero-order chi connectivity index (χ0) is 13.0. The van der Waals surface area contributed by atoms with Crippen molar-refractivity contribution >= 4 is 11.4 Å². The molecule has 2 aromatic carbocycles. The second kappa shape index (κ2) is 5.45. The van der Waals surface area contributed by atoms with Gasteiger partial charge in [0.15, 0.2) is 0 Å². The minimum absolute atomic E-state index is 0.855. The number of hydrogen-bond donors (Lipinski definition) is 0. The summed E-state index contributed by atoms with van der Waals surface area (Å²) >= 11 is 0. The van der Waals surface area contributed by atoms with E-state index in [0.29, 0.717) is 0 Å². The monoisotopic (exact) mass is 243 g/mol. The Kier molecular flexibility index (Phi) is 3.72. The van der Waals surface area contributed by atoms with Crippen LogP contribution in [0.3, 0.4) is 0 Å². The molecule has 94 valence electrons. The molecule has 0 saturated heterocycles. The van der Waals surface area contributed by atoms with Crippen LogP contribution in [0.5, 0.6) is 11.5 Å². The molecule has 0 bridgehead atoms. The smallest absolute Gasteiger partial charge is 0.120 e. The Morgan fingerprint density at radius 1 is 0.778 bits per heavy atom. The van der Waals surface area contributed by atoms with Crippen molar-refractivity contribution < 1.29 is 9.47 Å². The van der Waals surface area contributed by atoms with E-state index in [4.69, 9.17) is 9.47 Å². The number of methoxy groups -OCH3 is 2. The fourth-order valence-electron chi connectivity index (χ4n) is 1.77. The number of anilines is 2. The molecule has 0 N–H and O–H groups in total. The maximum Gasteiger partial charge on any atom is 0.120 e. The van der Waals surface area contributed by atoms with E-state index >= 15 is 0 Å². The zero-order valence-electron chi connectivity index (χ0n) is 10.9. The third-order valence-electron chi connectivity index (χ3n) is 2.90. The van der Waals surface area contributed by atoms with Gasteiger partial charge in [0.05, 0.1) is 14.2 Å². The molecular formula is C15H17NO2. The van der Waals surface area contributed by atoms with Crippen molar-refractivity contribution in [1.29, 1.82) is 0 Å². The predicted octanol–water partition coefficient (Wildman–Crippen LogP) is 3.47. The first-order valence-electron chi connectivity index (χ1n) is 5.76. The first-order valence-corrected chi connectivity index (χ1v) is 5.76. The minimum Gasteiger partial charge on any atom is -0.497 e. The van der Waals surface area contributed by atoms with Crippen LogP contribution in [0.4, 0.5) is 11.4 Å². The van der Waals surface area contributed by atoms with E-state index in [9.17, 15) is 0 Å². The van der Waals surface area contributed by atoms with Crippen molar-refractivity contribution in [2.45, 2.75) is 0 Å². The molecule has 0 aliphatic carbocycles. The van der Waals surface area contributed by atoms with Crippen molar-refractivity contribution in [3.8, 4) is 11.5 Å². The first-order chi connectivity index (χ1) is 8.74. The fourth-order valence-corrected chi connectivity index (χ4v) is 1.77. The molecule has 0 unspecified atom stereocenters. The summed E-state index contributed by atoms with van der Waals surface area (Å²) in [6.07, 6.45) is 0. The van der Waals surface area contributed by atoms with Crippen LogP contribution in [0, 0.1) is 0 Å². The lowest BCUT2D eigenvalue weighted by Gasteiger charge is -2.20. The highest BCUT2D eigenvalue weighted by Crippen LogP contribution is 2.27. The van der Waals surface area contributed by atoms with Crippen LogP contribution in [0.1, 0.15) is 0 Å². The van der Waals surface area contributed by atoms with Gasteiger partial charge < -0.3 is 14.4 Å². The SMILES string of the molecule is COc1ccc(N(C)c2cccc(OC)c2)cc1. The van der Waals surface area contributed by atoms with Crippen molar-refractivity contribution in [3.63, 3.8) is 0 Å². The predicted molar refractivity (Wildman–Crippen MR) is 74.1 cm³/mol. The van der Waals surface area contributed by atoms with E-state index in [0.717, 1.165) is 22.9 Å². The molecule has 2 rings (SSSR count). The molecule has 3 nitrogen and oxygen atoms in total. The molecule has 3 heteroatoms. The summed E-state index contributed by atoms with van der Waals surface area (Å²) in [6, 6.07) is 15.9.